The fourth-order valence-corrected chi connectivity index (χ4v) is 2.51. The van der Waals surface area contributed by atoms with Gasteiger partial charge in [-0.2, -0.15) is 0 Å². The minimum atomic E-state index is -0.449. The normalized spacial score (nSPS) is 12.5. The highest BCUT2D eigenvalue weighted by Gasteiger charge is 2.17. The van der Waals surface area contributed by atoms with Gasteiger partial charge in [-0.15, -0.1) is 0 Å². The largest absolute Gasteiger partial charge is 0.491 e. The van der Waals surface area contributed by atoms with E-state index in [-0.39, 0.29) is 11.9 Å². The second-order valence-electron chi connectivity index (χ2n) is 4.85. The van der Waals surface area contributed by atoms with E-state index >= 15 is 0 Å². The van der Waals surface area contributed by atoms with Gasteiger partial charge in [-0.1, -0.05) is 34.1 Å². The topological polar surface area (TPSA) is 35.2 Å². The average Bonchev–Trinajstić information content (AvgIpc) is 2.41. The zero-order chi connectivity index (χ0) is 14.7. The molecule has 106 valence electrons. The number of rotatable bonds is 4. The van der Waals surface area contributed by atoms with Crippen LogP contribution in [0.5, 0.6) is 5.75 Å². The average molecular weight is 338 g/mol. The summed E-state index contributed by atoms with van der Waals surface area (Å²) in [6, 6.07) is 11.6. The first-order chi connectivity index (χ1) is 9.49. The van der Waals surface area contributed by atoms with Crippen molar-refractivity contribution in [2.75, 3.05) is 0 Å². The molecular formula is C16H17BrFNO. The van der Waals surface area contributed by atoms with Crippen molar-refractivity contribution < 1.29 is 9.13 Å². The molecule has 0 aliphatic carbocycles. The summed E-state index contributed by atoms with van der Waals surface area (Å²) in [6.07, 6.45) is 0.0549. The number of para-hydroxylation sites is 1. The second kappa shape index (κ2) is 6.37. The molecule has 2 nitrogen and oxygen atoms in total. The van der Waals surface area contributed by atoms with Crippen LogP contribution in [0.1, 0.15) is 31.0 Å². The molecule has 0 saturated carbocycles. The predicted octanol–water partition coefficient (Wildman–Crippen LogP) is 4.42. The molecule has 0 radical (unpaired) electrons. The zero-order valence-electron chi connectivity index (χ0n) is 11.4. The highest BCUT2D eigenvalue weighted by Crippen LogP contribution is 2.32. The number of benzene rings is 2. The molecule has 2 aromatic carbocycles. The molecule has 0 saturated heterocycles. The number of hydrogen-bond donors (Lipinski definition) is 1. The van der Waals surface area contributed by atoms with Gasteiger partial charge in [-0.3, -0.25) is 0 Å². The quantitative estimate of drug-likeness (QED) is 0.895. The SMILES string of the molecule is CC(C)Oc1ccccc1C(N)c1cc(F)ccc1Br. The van der Waals surface area contributed by atoms with Crippen LogP contribution in [0.4, 0.5) is 4.39 Å². The van der Waals surface area contributed by atoms with E-state index in [0.717, 1.165) is 15.8 Å². The molecule has 4 heteroatoms. The van der Waals surface area contributed by atoms with Gasteiger partial charge in [0.05, 0.1) is 12.1 Å². The highest BCUT2D eigenvalue weighted by atomic mass is 79.9. The van der Waals surface area contributed by atoms with Gasteiger partial charge in [0.15, 0.2) is 0 Å². The maximum atomic E-state index is 13.4. The predicted molar refractivity (Wildman–Crippen MR) is 82.3 cm³/mol. The van der Waals surface area contributed by atoms with Crippen LogP contribution in [0.3, 0.4) is 0 Å². The zero-order valence-corrected chi connectivity index (χ0v) is 13.0. The van der Waals surface area contributed by atoms with Crippen molar-refractivity contribution in [2.45, 2.75) is 26.0 Å². The van der Waals surface area contributed by atoms with Crippen LogP contribution in [0.15, 0.2) is 46.9 Å². The van der Waals surface area contributed by atoms with Crippen molar-refractivity contribution in [3.63, 3.8) is 0 Å². The van der Waals surface area contributed by atoms with Gasteiger partial charge in [0.25, 0.3) is 0 Å². The van der Waals surface area contributed by atoms with Gasteiger partial charge >= 0.3 is 0 Å². The summed E-state index contributed by atoms with van der Waals surface area (Å²) in [5.74, 6) is 0.423. The fraction of sp³-hybridized carbons (Fsp3) is 0.250. The van der Waals surface area contributed by atoms with E-state index < -0.39 is 6.04 Å². The van der Waals surface area contributed by atoms with E-state index in [1.54, 1.807) is 6.07 Å². The Hall–Kier alpha value is -1.39. The number of hydrogen-bond acceptors (Lipinski definition) is 2. The minimum absolute atomic E-state index is 0.0549. The van der Waals surface area contributed by atoms with Crippen LogP contribution in [-0.2, 0) is 0 Å². The Kier molecular flexibility index (Phi) is 4.78. The van der Waals surface area contributed by atoms with E-state index in [1.165, 1.54) is 12.1 Å². The Labute approximate surface area is 126 Å². The molecule has 20 heavy (non-hydrogen) atoms. The molecule has 1 unspecified atom stereocenters. The minimum Gasteiger partial charge on any atom is -0.491 e. The van der Waals surface area contributed by atoms with Crippen molar-refractivity contribution in [2.24, 2.45) is 5.73 Å². The molecule has 0 bridgehead atoms. The highest BCUT2D eigenvalue weighted by molar-refractivity contribution is 9.10. The molecule has 0 spiro atoms. The molecule has 0 fully saturated rings. The van der Waals surface area contributed by atoms with E-state index in [4.69, 9.17) is 10.5 Å². The smallest absolute Gasteiger partial charge is 0.124 e. The van der Waals surface area contributed by atoms with Crippen molar-refractivity contribution in [3.05, 3.63) is 63.9 Å². The monoisotopic (exact) mass is 337 g/mol. The summed E-state index contributed by atoms with van der Waals surface area (Å²) >= 11 is 3.42. The number of ether oxygens (including phenoxy) is 1. The van der Waals surface area contributed by atoms with Crippen LogP contribution in [0.25, 0.3) is 0 Å². The molecule has 2 N–H and O–H groups in total. The lowest BCUT2D eigenvalue weighted by Crippen LogP contribution is -2.16. The molecule has 0 aromatic heterocycles. The Morgan fingerprint density at radius 1 is 1.10 bits per heavy atom. The summed E-state index contributed by atoms with van der Waals surface area (Å²) in [5.41, 5.74) is 7.83. The number of nitrogens with two attached hydrogens (primary N) is 1. The van der Waals surface area contributed by atoms with Crippen molar-refractivity contribution in [3.8, 4) is 5.75 Å². The molecule has 0 heterocycles. The summed E-state index contributed by atoms with van der Waals surface area (Å²) in [6.45, 7) is 3.92. The fourth-order valence-electron chi connectivity index (χ4n) is 2.02. The van der Waals surface area contributed by atoms with Gasteiger partial charge in [0, 0.05) is 10.0 Å². The molecular weight excluding hydrogens is 321 g/mol. The van der Waals surface area contributed by atoms with Crippen LogP contribution >= 0.6 is 15.9 Å². The van der Waals surface area contributed by atoms with Gasteiger partial charge in [-0.05, 0) is 43.7 Å². The first kappa shape index (κ1) is 15.0. The van der Waals surface area contributed by atoms with Gasteiger partial charge in [0.2, 0.25) is 0 Å². The van der Waals surface area contributed by atoms with Crippen LogP contribution in [0, 0.1) is 5.82 Å². The second-order valence-corrected chi connectivity index (χ2v) is 5.70. The lowest BCUT2D eigenvalue weighted by atomic mass is 9.98. The van der Waals surface area contributed by atoms with E-state index in [2.05, 4.69) is 15.9 Å². The van der Waals surface area contributed by atoms with Gasteiger partial charge in [-0.25, -0.2) is 4.39 Å². The van der Waals surface area contributed by atoms with Gasteiger partial charge < -0.3 is 10.5 Å². The van der Waals surface area contributed by atoms with Crippen LogP contribution in [-0.4, -0.2) is 6.10 Å². The van der Waals surface area contributed by atoms with Gasteiger partial charge in [0.1, 0.15) is 11.6 Å². The lowest BCUT2D eigenvalue weighted by molar-refractivity contribution is 0.239. The van der Waals surface area contributed by atoms with Crippen molar-refractivity contribution >= 4 is 15.9 Å². The Morgan fingerprint density at radius 2 is 1.80 bits per heavy atom. The van der Waals surface area contributed by atoms with E-state index in [0.29, 0.717) is 5.56 Å². The first-order valence-corrected chi connectivity index (χ1v) is 7.24. The molecule has 2 aromatic rings. The molecule has 2 rings (SSSR count). The Bertz CT molecular complexity index is 601. The maximum absolute atomic E-state index is 13.4. The summed E-state index contributed by atoms with van der Waals surface area (Å²) in [5, 5.41) is 0. The molecule has 0 aliphatic rings. The molecule has 0 aliphatic heterocycles. The van der Waals surface area contributed by atoms with Crippen LogP contribution in [0.2, 0.25) is 0 Å². The number of halogens is 2. The first-order valence-electron chi connectivity index (χ1n) is 6.45. The van der Waals surface area contributed by atoms with Crippen molar-refractivity contribution in [1.82, 2.24) is 0 Å². The third-order valence-corrected chi connectivity index (χ3v) is 3.63. The third-order valence-electron chi connectivity index (χ3n) is 2.91. The van der Waals surface area contributed by atoms with E-state index in [9.17, 15) is 4.39 Å². The molecule has 1 atom stereocenters. The third kappa shape index (κ3) is 3.38. The summed E-state index contributed by atoms with van der Waals surface area (Å²) < 4.78 is 20.0. The Morgan fingerprint density at radius 3 is 2.50 bits per heavy atom. The maximum Gasteiger partial charge on any atom is 0.124 e. The Balaban J connectivity index is 2.42. The lowest BCUT2D eigenvalue weighted by Gasteiger charge is -2.20. The van der Waals surface area contributed by atoms with Crippen LogP contribution < -0.4 is 10.5 Å². The summed E-state index contributed by atoms with van der Waals surface area (Å²) in [4.78, 5) is 0. The van der Waals surface area contributed by atoms with Crippen molar-refractivity contribution in [1.29, 1.82) is 0 Å². The molecule has 0 amide bonds. The summed E-state index contributed by atoms with van der Waals surface area (Å²) in [7, 11) is 0. The standard InChI is InChI=1S/C16H17BrFNO/c1-10(2)20-15-6-4-3-5-12(15)16(19)13-9-11(18)7-8-14(13)17/h3-10,16H,19H2,1-2H3. The van der Waals surface area contributed by atoms with E-state index in [1.807, 2.05) is 38.1 Å².